The Bertz CT molecular complexity index is 1400. The third-order valence-electron chi connectivity index (χ3n) is 6.71. The molecule has 9 nitrogen and oxygen atoms in total. The van der Waals surface area contributed by atoms with Crippen LogP contribution in [-0.4, -0.2) is 47.5 Å². The number of carbonyl (C=O) groups is 4. The fraction of sp³-hybridized carbons (Fsp3) is 0.364. The van der Waals surface area contributed by atoms with Crippen molar-refractivity contribution < 1.29 is 37.1 Å². The minimum absolute atomic E-state index is 0.00148. The molecule has 12 heteroatoms. The van der Waals surface area contributed by atoms with Crippen LogP contribution in [0.2, 0.25) is 0 Å². The molecule has 0 bridgehead atoms. The Kier molecular flexibility index (Phi) is 13.1. The maximum absolute atomic E-state index is 13.4. The van der Waals surface area contributed by atoms with Gasteiger partial charge in [0.05, 0.1) is 12.5 Å². The van der Waals surface area contributed by atoms with Crippen LogP contribution in [0.4, 0.5) is 19.0 Å². The van der Waals surface area contributed by atoms with Crippen molar-refractivity contribution in [3.8, 4) is 11.1 Å². The minimum Gasteiger partial charge on any atom is -0.386 e. The number of aromatic nitrogens is 1. The van der Waals surface area contributed by atoms with E-state index in [9.17, 15) is 32.3 Å². The van der Waals surface area contributed by atoms with E-state index in [1.807, 2.05) is 62.4 Å². The molecule has 3 rings (SSSR count). The van der Waals surface area contributed by atoms with Gasteiger partial charge in [0, 0.05) is 19.2 Å². The van der Waals surface area contributed by atoms with Crippen molar-refractivity contribution in [3.63, 3.8) is 0 Å². The number of halogens is 3. The third kappa shape index (κ3) is 12.0. The molecule has 0 radical (unpaired) electrons. The number of hydrogen-bond acceptors (Lipinski definition) is 7. The Morgan fingerprint density at radius 2 is 1.51 bits per heavy atom. The molecule has 3 N–H and O–H groups in total. The number of rotatable bonds is 15. The van der Waals surface area contributed by atoms with E-state index in [1.54, 1.807) is 30.5 Å². The zero-order valence-electron chi connectivity index (χ0n) is 25.1. The maximum Gasteiger partial charge on any atom is 0.491 e. The van der Waals surface area contributed by atoms with Gasteiger partial charge in [0.25, 0.3) is 0 Å². The molecule has 2 aromatic carbocycles. The topological polar surface area (TPSA) is 126 Å². The van der Waals surface area contributed by atoms with Gasteiger partial charge >= 0.3 is 18.1 Å². The van der Waals surface area contributed by atoms with Gasteiger partial charge in [-0.1, -0.05) is 74.5 Å². The summed E-state index contributed by atoms with van der Waals surface area (Å²) in [7, 11) is 0. The average molecular weight is 627 g/mol. The second-order valence-corrected chi connectivity index (χ2v) is 10.9. The molecule has 240 valence electrons. The van der Waals surface area contributed by atoms with Gasteiger partial charge in [0.1, 0.15) is 11.9 Å². The van der Waals surface area contributed by atoms with Crippen molar-refractivity contribution in [3.05, 3.63) is 84.6 Å². The molecule has 45 heavy (non-hydrogen) atoms. The molecule has 0 saturated carbocycles. The maximum atomic E-state index is 13.4. The Morgan fingerprint density at radius 3 is 2.13 bits per heavy atom. The second kappa shape index (κ2) is 16.9. The van der Waals surface area contributed by atoms with Crippen LogP contribution in [-0.2, 0) is 23.9 Å². The van der Waals surface area contributed by atoms with E-state index in [4.69, 9.17) is 0 Å². The van der Waals surface area contributed by atoms with Crippen molar-refractivity contribution in [2.75, 3.05) is 11.9 Å². The number of ether oxygens (including phenoxy) is 1. The van der Waals surface area contributed by atoms with Crippen LogP contribution >= 0.6 is 0 Å². The van der Waals surface area contributed by atoms with Gasteiger partial charge in [-0.15, -0.1) is 0 Å². The molecule has 2 atom stereocenters. The standard InChI is InChI=1S/C33H37F3N4O5/c1-22(2)20-27(39-29(41)13-7-9-19-38-28-12-6-8-18-37-28)31(43)40-26(21-30(42)45-32(44)33(34,35)36)25-16-14-24(15-17-25)23-10-4-3-5-11-23/h3-6,8,10-12,14-18,22,26-27H,7,9,13,19-21H2,1-2H3,(H,37,38)(H,39,41)(H,40,43)/t26?,27-/m0/s1. The molecule has 1 heterocycles. The van der Waals surface area contributed by atoms with Crippen molar-refractivity contribution in [1.29, 1.82) is 0 Å². The highest BCUT2D eigenvalue weighted by Crippen LogP contribution is 2.25. The molecule has 0 aliphatic heterocycles. The number of pyridine rings is 1. The molecule has 1 unspecified atom stereocenters. The lowest BCUT2D eigenvalue weighted by Gasteiger charge is -2.25. The van der Waals surface area contributed by atoms with Crippen LogP contribution < -0.4 is 16.0 Å². The summed E-state index contributed by atoms with van der Waals surface area (Å²) in [6.07, 6.45) is -2.75. The highest BCUT2D eigenvalue weighted by molar-refractivity contribution is 5.90. The van der Waals surface area contributed by atoms with E-state index in [-0.39, 0.29) is 24.7 Å². The number of nitrogens with zero attached hydrogens (tertiary/aromatic N) is 1. The number of hydrogen-bond donors (Lipinski definition) is 3. The van der Waals surface area contributed by atoms with Gasteiger partial charge < -0.3 is 20.7 Å². The van der Waals surface area contributed by atoms with E-state index >= 15 is 0 Å². The van der Waals surface area contributed by atoms with Crippen LogP contribution in [0.3, 0.4) is 0 Å². The Hall–Kier alpha value is -4.74. The first-order valence-electron chi connectivity index (χ1n) is 14.6. The fourth-order valence-corrected chi connectivity index (χ4v) is 4.50. The van der Waals surface area contributed by atoms with Gasteiger partial charge in [-0.2, -0.15) is 13.2 Å². The first-order valence-corrected chi connectivity index (χ1v) is 14.6. The largest absolute Gasteiger partial charge is 0.491 e. The van der Waals surface area contributed by atoms with Crippen molar-refractivity contribution >= 4 is 29.6 Å². The van der Waals surface area contributed by atoms with Gasteiger partial charge in [-0.05, 0) is 54.0 Å². The number of carbonyl (C=O) groups excluding carboxylic acids is 4. The van der Waals surface area contributed by atoms with Crippen molar-refractivity contribution in [2.45, 2.75) is 64.2 Å². The van der Waals surface area contributed by atoms with Crippen LogP contribution in [0.25, 0.3) is 11.1 Å². The number of alkyl halides is 3. The number of esters is 2. The molecule has 0 spiro atoms. The number of unbranched alkanes of at least 4 members (excludes halogenated alkanes) is 1. The molecular weight excluding hydrogens is 589 g/mol. The normalized spacial score (nSPS) is 12.6. The third-order valence-corrected chi connectivity index (χ3v) is 6.71. The van der Waals surface area contributed by atoms with E-state index in [0.29, 0.717) is 24.9 Å². The Labute approximate surface area is 260 Å². The summed E-state index contributed by atoms with van der Waals surface area (Å²) in [5.74, 6) is -4.34. The molecule has 1 aromatic heterocycles. The average Bonchev–Trinajstić information content (AvgIpc) is 3.00. The van der Waals surface area contributed by atoms with Crippen LogP contribution in [0.15, 0.2) is 79.0 Å². The smallest absolute Gasteiger partial charge is 0.386 e. The lowest BCUT2D eigenvalue weighted by atomic mass is 9.97. The lowest BCUT2D eigenvalue weighted by Crippen LogP contribution is -2.48. The molecule has 2 amide bonds. The fourth-order valence-electron chi connectivity index (χ4n) is 4.50. The predicted octanol–water partition coefficient (Wildman–Crippen LogP) is 5.74. The summed E-state index contributed by atoms with van der Waals surface area (Å²) in [6, 6.07) is 19.5. The molecule has 3 aromatic rings. The zero-order chi connectivity index (χ0) is 32.8. The minimum atomic E-state index is -5.35. The number of anilines is 1. The van der Waals surface area contributed by atoms with Gasteiger partial charge in [0.2, 0.25) is 11.8 Å². The molecular formula is C33H37F3N4O5. The summed E-state index contributed by atoms with van der Waals surface area (Å²) < 4.78 is 42.1. The van der Waals surface area contributed by atoms with E-state index in [0.717, 1.165) is 16.9 Å². The summed E-state index contributed by atoms with van der Waals surface area (Å²) in [4.78, 5) is 54.0. The summed E-state index contributed by atoms with van der Waals surface area (Å²) >= 11 is 0. The highest BCUT2D eigenvalue weighted by Gasteiger charge is 2.42. The molecule has 0 aliphatic carbocycles. The molecule has 0 fully saturated rings. The van der Waals surface area contributed by atoms with E-state index in [2.05, 4.69) is 25.7 Å². The van der Waals surface area contributed by atoms with Gasteiger partial charge in [-0.25, -0.2) is 9.78 Å². The predicted molar refractivity (Wildman–Crippen MR) is 162 cm³/mol. The van der Waals surface area contributed by atoms with Gasteiger partial charge in [0.15, 0.2) is 0 Å². The first kappa shape index (κ1) is 34.7. The summed E-state index contributed by atoms with van der Waals surface area (Å²) in [5.41, 5.74) is 2.14. The van der Waals surface area contributed by atoms with Crippen LogP contribution in [0, 0.1) is 5.92 Å². The zero-order valence-corrected chi connectivity index (χ0v) is 25.1. The Balaban J connectivity index is 1.68. The summed E-state index contributed by atoms with van der Waals surface area (Å²) in [5, 5.41) is 8.58. The summed E-state index contributed by atoms with van der Waals surface area (Å²) in [6.45, 7) is 4.35. The number of nitrogens with one attached hydrogen (secondary N) is 3. The quantitative estimate of drug-likeness (QED) is 0.112. The van der Waals surface area contributed by atoms with Crippen molar-refractivity contribution in [2.24, 2.45) is 5.92 Å². The lowest BCUT2D eigenvalue weighted by molar-refractivity contribution is -0.202. The second-order valence-electron chi connectivity index (χ2n) is 10.9. The highest BCUT2D eigenvalue weighted by atomic mass is 19.4. The molecule has 0 aliphatic rings. The monoisotopic (exact) mass is 626 g/mol. The SMILES string of the molecule is CC(C)C[C@H](NC(=O)CCCCNc1ccccn1)C(=O)NC(CC(=O)OC(=O)C(F)(F)F)c1ccc(-c2ccccc2)cc1. The van der Waals surface area contributed by atoms with Crippen LogP contribution in [0.5, 0.6) is 0 Å². The first-order chi connectivity index (χ1) is 21.4. The Morgan fingerprint density at radius 1 is 0.844 bits per heavy atom. The molecule has 0 saturated heterocycles. The van der Waals surface area contributed by atoms with E-state index < -0.39 is 42.5 Å². The van der Waals surface area contributed by atoms with Crippen molar-refractivity contribution in [1.82, 2.24) is 15.6 Å². The number of amides is 2. The number of benzene rings is 2. The van der Waals surface area contributed by atoms with E-state index in [1.165, 1.54) is 0 Å². The van der Waals surface area contributed by atoms with Crippen LogP contribution in [0.1, 0.15) is 57.6 Å². The van der Waals surface area contributed by atoms with Gasteiger partial charge in [-0.3, -0.25) is 14.4 Å².